The molecule has 1 heterocycles. The van der Waals surface area contributed by atoms with E-state index in [-0.39, 0.29) is 25.0 Å². The predicted molar refractivity (Wildman–Crippen MR) is 85.5 cm³/mol. The Balaban J connectivity index is 2.42. The van der Waals surface area contributed by atoms with E-state index in [4.69, 9.17) is 4.52 Å². The fourth-order valence-corrected chi connectivity index (χ4v) is 2.00. The van der Waals surface area contributed by atoms with Gasteiger partial charge in [0.05, 0.1) is 17.8 Å². The van der Waals surface area contributed by atoms with Gasteiger partial charge in [0.2, 0.25) is 0 Å². The Labute approximate surface area is 132 Å². The molecular formula is C16H29N3O3. The second-order valence-corrected chi connectivity index (χ2v) is 6.28. The summed E-state index contributed by atoms with van der Waals surface area (Å²) in [6.07, 6.45) is 2.03. The number of hydrogen-bond donors (Lipinski definition) is 3. The Bertz CT molecular complexity index is 465. The predicted octanol–water partition coefficient (Wildman–Crippen LogP) is 2.78. The van der Waals surface area contributed by atoms with E-state index in [9.17, 15) is 9.90 Å². The minimum Gasteiger partial charge on any atom is -0.388 e. The van der Waals surface area contributed by atoms with Gasteiger partial charge < -0.3 is 20.3 Å². The van der Waals surface area contributed by atoms with Gasteiger partial charge in [0.25, 0.3) is 0 Å². The first-order valence-electron chi connectivity index (χ1n) is 7.99. The highest BCUT2D eigenvalue weighted by molar-refractivity contribution is 5.73. The van der Waals surface area contributed by atoms with E-state index in [1.807, 2.05) is 19.9 Å². The highest BCUT2D eigenvalue weighted by atomic mass is 16.5. The summed E-state index contributed by atoms with van der Waals surface area (Å²) in [4.78, 5) is 11.7. The SMILES string of the molecule is CCC(CC)c1cc(CNC(=O)NCC(C)(O)C(C)C)on1. The molecule has 6 heteroatoms. The topological polar surface area (TPSA) is 87.4 Å². The molecule has 0 spiro atoms. The van der Waals surface area contributed by atoms with Crippen LogP contribution >= 0.6 is 0 Å². The van der Waals surface area contributed by atoms with Crippen LogP contribution in [0.1, 0.15) is 64.8 Å². The largest absolute Gasteiger partial charge is 0.388 e. The lowest BCUT2D eigenvalue weighted by atomic mass is 9.93. The average molecular weight is 311 g/mol. The van der Waals surface area contributed by atoms with Gasteiger partial charge in [-0.3, -0.25) is 0 Å². The monoisotopic (exact) mass is 311 g/mol. The second-order valence-electron chi connectivity index (χ2n) is 6.28. The Kier molecular flexibility index (Phi) is 6.87. The number of hydrogen-bond acceptors (Lipinski definition) is 4. The van der Waals surface area contributed by atoms with Gasteiger partial charge in [0, 0.05) is 18.5 Å². The molecule has 6 nitrogen and oxygen atoms in total. The van der Waals surface area contributed by atoms with E-state index in [0.29, 0.717) is 11.7 Å². The van der Waals surface area contributed by atoms with Crippen molar-refractivity contribution in [3.8, 4) is 0 Å². The van der Waals surface area contributed by atoms with E-state index < -0.39 is 5.60 Å². The lowest BCUT2D eigenvalue weighted by Crippen LogP contribution is -2.47. The van der Waals surface area contributed by atoms with Gasteiger partial charge >= 0.3 is 6.03 Å². The van der Waals surface area contributed by atoms with Crippen LogP contribution in [-0.2, 0) is 6.54 Å². The summed E-state index contributed by atoms with van der Waals surface area (Å²) in [6.45, 7) is 10.2. The molecule has 0 aliphatic carbocycles. The third-order valence-corrected chi connectivity index (χ3v) is 4.25. The Morgan fingerprint density at radius 1 is 1.36 bits per heavy atom. The molecule has 1 rings (SSSR count). The lowest BCUT2D eigenvalue weighted by Gasteiger charge is -2.27. The molecular weight excluding hydrogens is 282 g/mol. The van der Waals surface area contributed by atoms with Crippen molar-refractivity contribution in [2.45, 2.75) is 65.5 Å². The molecule has 0 saturated carbocycles. The summed E-state index contributed by atoms with van der Waals surface area (Å²) in [7, 11) is 0. The van der Waals surface area contributed by atoms with Crippen LogP contribution in [0.4, 0.5) is 4.79 Å². The minimum atomic E-state index is -0.924. The standard InChI is InChI=1S/C16H29N3O3/c1-6-12(7-2)14-8-13(22-19-14)9-17-15(20)18-10-16(5,21)11(3)4/h8,11-12,21H,6-7,9-10H2,1-5H3,(H2,17,18,20). The van der Waals surface area contributed by atoms with Crippen LogP contribution in [0.3, 0.4) is 0 Å². The summed E-state index contributed by atoms with van der Waals surface area (Å²) in [5.74, 6) is 1.09. The molecule has 22 heavy (non-hydrogen) atoms. The van der Waals surface area contributed by atoms with Crippen molar-refractivity contribution in [2.75, 3.05) is 6.54 Å². The summed E-state index contributed by atoms with van der Waals surface area (Å²) >= 11 is 0. The smallest absolute Gasteiger partial charge is 0.315 e. The molecule has 126 valence electrons. The average Bonchev–Trinajstić information content (AvgIpc) is 2.93. The zero-order valence-corrected chi connectivity index (χ0v) is 14.3. The van der Waals surface area contributed by atoms with Crippen LogP contribution < -0.4 is 10.6 Å². The number of nitrogens with one attached hydrogen (secondary N) is 2. The van der Waals surface area contributed by atoms with Crippen LogP contribution in [0.15, 0.2) is 10.6 Å². The number of carbonyl (C=O) groups excluding carboxylic acids is 1. The van der Waals surface area contributed by atoms with Crippen molar-refractivity contribution in [3.63, 3.8) is 0 Å². The van der Waals surface area contributed by atoms with Crippen molar-refractivity contribution in [3.05, 3.63) is 17.5 Å². The number of aromatic nitrogens is 1. The summed E-state index contributed by atoms with van der Waals surface area (Å²) in [6, 6.07) is 1.56. The van der Waals surface area contributed by atoms with Crippen LogP contribution in [0, 0.1) is 5.92 Å². The Morgan fingerprint density at radius 3 is 2.55 bits per heavy atom. The van der Waals surface area contributed by atoms with E-state index >= 15 is 0 Å². The normalized spacial score (nSPS) is 14.2. The van der Waals surface area contributed by atoms with E-state index in [1.54, 1.807) is 6.92 Å². The number of nitrogens with zero attached hydrogens (tertiary/aromatic N) is 1. The van der Waals surface area contributed by atoms with Crippen LogP contribution in [0.5, 0.6) is 0 Å². The zero-order valence-electron chi connectivity index (χ0n) is 14.3. The molecule has 1 atom stereocenters. The van der Waals surface area contributed by atoms with Gasteiger partial charge in [-0.15, -0.1) is 0 Å². The number of carbonyl (C=O) groups is 1. The van der Waals surface area contributed by atoms with Crippen LogP contribution in [-0.4, -0.2) is 28.4 Å². The van der Waals surface area contributed by atoms with Crippen molar-refractivity contribution in [1.29, 1.82) is 0 Å². The molecule has 1 aromatic heterocycles. The fourth-order valence-electron chi connectivity index (χ4n) is 2.00. The molecule has 0 radical (unpaired) electrons. The van der Waals surface area contributed by atoms with Crippen molar-refractivity contribution >= 4 is 6.03 Å². The van der Waals surface area contributed by atoms with Crippen LogP contribution in [0.2, 0.25) is 0 Å². The Hall–Kier alpha value is -1.56. The summed E-state index contributed by atoms with van der Waals surface area (Å²) in [5, 5.41) is 19.5. The quantitative estimate of drug-likeness (QED) is 0.689. The minimum absolute atomic E-state index is 0.0599. The van der Waals surface area contributed by atoms with Crippen molar-refractivity contribution in [1.82, 2.24) is 15.8 Å². The molecule has 0 bridgehead atoms. The number of aliphatic hydroxyl groups is 1. The maximum Gasteiger partial charge on any atom is 0.315 e. The molecule has 1 aromatic rings. The lowest BCUT2D eigenvalue weighted by molar-refractivity contribution is 0.0166. The van der Waals surface area contributed by atoms with Crippen molar-refractivity contribution < 1.29 is 14.4 Å². The van der Waals surface area contributed by atoms with E-state index in [0.717, 1.165) is 18.5 Å². The maximum absolute atomic E-state index is 11.7. The molecule has 0 fully saturated rings. The highest BCUT2D eigenvalue weighted by Gasteiger charge is 2.25. The molecule has 0 aliphatic rings. The third kappa shape index (κ3) is 5.33. The molecule has 2 amide bonds. The molecule has 0 aliphatic heterocycles. The highest BCUT2D eigenvalue weighted by Crippen LogP contribution is 2.22. The maximum atomic E-state index is 11.7. The zero-order chi connectivity index (χ0) is 16.8. The summed E-state index contributed by atoms with van der Waals surface area (Å²) < 4.78 is 5.24. The number of urea groups is 1. The van der Waals surface area contributed by atoms with Gasteiger partial charge in [-0.25, -0.2) is 4.79 Å². The first kappa shape index (κ1) is 18.5. The fraction of sp³-hybridized carbons (Fsp3) is 0.750. The van der Waals surface area contributed by atoms with Gasteiger partial charge in [-0.2, -0.15) is 0 Å². The van der Waals surface area contributed by atoms with E-state index in [1.165, 1.54) is 0 Å². The van der Waals surface area contributed by atoms with Gasteiger partial charge in [-0.05, 0) is 25.7 Å². The number of amides is 2. The first-order valence-corrected chi connectivity index (χ1v) is 7.99. The second kappa shape index (κ2) is 8.17. The molecule has 1 unspecified atom stereocenters. The van der Waals surface area contributed by atoms with Gasteiger partial charge in [-0.1, -0.05) is 32.9 Å². The molecule has 0 saturated heterocycles. The van der Waals surface area contributed by atoms with Crippen molar-refractivity contribution in [2.24, 2.45) is 5.92 Å². The molecule has 0 aromatic carbocycles. The Morgan fingerprint density at radius 2 is 2.00 bits per heavy atom. The van der Waals surface area contributed by atoms with Crippen LogP contribution in [0.25, 0.3) is 0 Å². The number of rotatable bonds is 8. The third-order valence-electron chi connectivity index (χ3n) is 4.25. The van der Waals surface area contributed by atoms with Gasteiger partial charge in [0.1, 0.15) is 0 Å². The van der Waals surface area contributed by atoms with E-state index in [2.05, 4.69) is 29.6 Å². The first-order chi connectivity index (χ1) is 10.3. The molecule has 3 N–H and O–H groups in total. The summed E-state index contributed by atoms with van der Waals surface area (Å²) in [5.41, 5.74) is 0.0108. The van der Waals surface area contributed by atoms with Gasteiger partial charge in [0.15, 0.2) is 5.76 Å².